The van der Waals surface area contributed by atoms with Crippen LogP contribution in [0.25, 0.3) is 6.08 Å². The van der Waals surface area contributed by atoms with Crippen molar-refractivity contribution in [2.75, 3.05) is 13.3 Å². The fraction of sp³-hybridized carbons (Fsp3) is 0.471. The summed E-state index contributed by atoms with van der Waals surface area (Å²) in [5, 5.41) is 0. The van der Waals surface area contributed by atoms with Crippen LogP contribution >= 0.6 is 0 Å². The van der Waals surface area contributed by atoms with Crippen molar-refractivity contribution in [1.82, 2.24) is 4.90 Å². The number of hydrogen-bond donors (Lipinski definition) is 0. The fourth-order valence-electron chi connectivity index (χ4n) is 2.13. The molecular weight excluding hydrogens is 323 g/mol. The van der Waals surface area contributed by atoms with Crippen molar-refractivity contribution in [3.05, 3.63) is 41.5 Å². The van der Waals surface area contributed by atoms with Gasteiger partial charge in [-0.1, -0.05) is 24.3 Å². The molecule has 0 aliphatic carbocycles. The van der Waals surface area contributed by atoms with Crippen LogP contribution in [0.2, 0.25) is 0 Å². The van der Waals surface area contributed by atoms with E-state index in [4.69, 9.17) is 9.47 Å². The maximum absolute atomic E-state index is 12.5. The highest BCUT2D eigenvalue weighted by Gasteiger charge is 2.32. The molecule has 1 aliphatic rings. The predicted molar refractivity (Wildman–Crippen MR) is 83.2 cm³/mol. The van der Waals surface area contributed by atoms with Gasteiger partial charge in [0, 0.05) is 0 Å². The van der Waals surface area contributed by atoms with Crippen LogP contribution in [0.3, 0.4) is 0 Å². The van der Waals surface area contributed by atoms with Gasteiger partial charge in [0.15, 0.2) is 0 Å². The largest absolute Gasteiger partial charge is 0.444 e. The van der Waals surface area contributed by atoms with Crippen molar-refractivity contribution in [2.24, 2.45) is 0 Å². The maximum atomic E-state index is 12.5. The first-order valence-corrected chi connectivity index (χ1v) is 7.49. The molecule has 132 valence electrons. The lowest BCUT2D eigenvalue weighted by molar-refractivity contribution is -0.137. The number of carbonyl (C=O) groups is 1. The molecule has 2 rings (SSSR count). The molecule has 0 unspecified atom stereocenters. The van der Waals surface area contributed by atoms with Crippen LogP contribution in [0, 0.1) is 0 Å². The summed E-state index contributed by atoms with van der Waals surface area (Å²) in [7, 11) is 0. The van der Waals surface area contributed by atoms with E-state index in [-0.39, 0.29) is 12.8 Å². The summed E-state index contributed by atoms with van der Waals surface area (Å²) in [5.74, 6) is 0. The molecule has 0 saturated carbocycles. The van der Waals surface area contributed by atoms with Gasteiger partial charge in [0.1, 0.15) is 12.3 Å². The number of benzene rings is 1. The monoisotopic (exact) mass is 343 g/mol. The van der Waals surface area contributed by atoms with Gasteiger partial charge in [-0.3, -0.25) is 4.90 Å². The van der Waals surface area contributed by atoms with Crippen molar-refractivity contribution in [1.29, 1.82) is 0 Å². The molecule has 1 saturated heterocycles. The summed E-state index contributed by atoms with van der Waals surface area (Å²) in [6.07, 6.45) is -1.45. The van der Waals surface area contributed by atoms with E-state index >= 15 is 0 Å². The number of amides is 1. The van der Waals surface area contributed by atoms with Crippen LogP contribution < -0.4 is 0 Å². The Kier molecular flexibility index (Phi) is 5.22. The minimum atomic E-state index is -4.35. The van der Waals surface area contributed by atoms with Crippen molar-refractivity contribution in [3.63, 3.8) is 0 Å². The van der Waals surface area contributed by atoms with Crippen molar-refractivity contribution >= 4 is 12.2 Å². The topological polar surface area (TPSA) is 38.8 Å². The molecule has 24 heavy (non-hydrogen) atoms. The standard InChI is InChI=1S/C17H20F3NO3/c1-16(2,3)24-15(22)21-11-23-10-14(21)9-6-12-4-7-13(8-5-12)17(18,19)20/h4-9,14H,10-11H2,1-3H3/b9-6+/t14-/m1/s1. The second-order valence-electron chi connectivity index (χ2n) is 6.50. The molecular formula is C17H20F3NO3. The lowest BCUT2D eigenvalue weighted by Gasteiger charge is -2.26. The average Bonchev–Trinajstić information content (AvgIpc) is 2.91. The molecule has 1 aromatic rings. The Morgan fingerprint density at radius 2 is 1.88 bits per heavy atom. The number of hydrogen-bond acceptors (Lipinski definition) is 3. The average molecular weight is 343 g/mol. The highest BCUT2D eigenvalue weighted by atomic mass is 19.4. The Bertz CT molecular complexity index is 603. The van der Waals surface area contributed by atoms with E-state index in [0.29, 0.717) is 12.2 Å². The normalized spacial score (nSPS) is 19.1. The molecule has 1 aliphatic heterocycles. The summed E-state index contributed by atoms with van der Waals surface area (Å²) in [5.41, 5.74) is -0.695. The molecule has 1 heterocycles. The molecule has 4 nitrogen and oxygen atoms in total. The second-order valence-corrected chi connectivity index (χ2v) is 6.50. The highest BCUT2D eigenvalue weighted by Crippen LogP contribution is 2.29. The van der Waals surface area contributed by atoms with Crippen LogP contribution in [0.15, 0.2) is 30.3 Å². The van der Waals surface area contributed by atoms with E-state index in [1.165, 1.54) is 17.0 Å². The van der Waals surface area contributed by atoms with Crippen LogP contribution in [0.4, 0.5) is 18.0 Å². The SMILES string of the molecule is CC(C)(C)OC(=O)N1COC[C@H]1/C=C/c1ccc(C(F)(F)F)cc1. The maximum Gasteiger partial charge on any atom is 0.416 e. The summed E-state index contributed by atoms with van der Waals surface area (Å²) in [6.45, 7) is 5.76. The van der Waals surface area contributed by atoms with E-state index in [1.54, 1.807) is 32.9 Å². The quantitative estimate of drug-likeness (QED) is 0.803. The summed E-state index contributed by atoms with van der Waals surface area (Å²) < 4.78 is 48.2. The van der Waals surface area contributed by atoms with Crippen LogP contribution in [0.5, 0.6) is 0 Å². The van der Waals surface area contributed by atoms with E-state index in [2.05, 4.69) is 0 Å². The number of ether oxygens (including phenoxy) is 2. The van der Waals surface area contributed by atoms with Gasteiger partial charge >= 0.3 is 12.3 Å². The molecule has 0 radical (unpaired) electrons. The molecule has 7 heteroatoms. The third-order valence-electron chi connectivity index (χ3n) is 3.30. The molecule has 0 spiro atoms. The zero-order valence-corrected chi connectivity index (χ0v) is 13.8. The Morgan fingerprint density at radius 1 is 1.25 bits per heavy atom. The van der Waals surface area contributed by atoms with Gasteiger partial charge in [0.2, 0.25) is 0 Å². The second kappa shape index (κ2) is 6.84. The van der Waals surface area contributed by atoms with Gasteiger partial charge in [-0.05, 0) is 38.5 Å². The van der Waals surface area contributed by atoms with Gasteiger partial charge in [0.25, 0.3) is 0 Å². The minimum absolute atomic E-state index is 0.122. The Balaban J connectivity index is 2.03. The minimum Gasteiger partial charge on any atom is -0.444 e. The fourth-order valence-corrected chi connectivity index (χ4v) is 2.13. The molecule has 1 atom stereocenters. The third kappa shape index (κ3) is 4.99. The third-order valence-corrected chi connectivity index (χ3v) is 3.30. The lowest BCUT2D eigenvalue weighted by Crippen LogP contribution is -2.39. The Morgan fingerprint density at radius 3 is 2.42 bits per heavy atom. The smallest absolute Gasteiger partial charge is 0.416 e. The van der Waals surface area contributed by atoms with Crippen LogP contribution in [-0.4, -0.2) is 36.0 Å². The van der Waals surface area contributed by atoms with Gasteiger partial charge in [-0.2, -0.15) is 13.2 Å². The van der Waals surface area contributed by atoms with Crippen molar-refractivity contribution in [3.8, 4) is 0 Å². The zero-order chi connectivity index (χ0) is 18.0. The number of nitrogens with zero attached hydrogens (tertiary/aromatic N) is 1. The van der Waals surface area contributed by atoms with E-state index < -0.39 is 23.4 Å². The zero-order valence-electron chi connectivity index (χ0n) is 13.8. The number of carbonyl (C=O) groups excluding carboxylic acids is 1. The molecule has 0 aromatic heterocycles. The first-order chi connectivity index (χ1) is 11.1. The molecule has 0 N–H and O–H groups in total. The summed E-state index contributed by atoms with van der Waals surface area (Å²) in [6, 6.07) is 4.49. The number of rotatable bonds is 2. The lowest BCUT2D eigenvalue weighted by atomic mass is 10.1. The Labute approximate surface area is 138 Å². The first kappa shape index (κ1) is 18.3. The number of alkyl halides is 3. The summed E-state index contributed by atoms with van der Waals surface area (Å²) in [4.78, 5) is 13.5. The molecule has 1 amide bonds. The van der Waals surface area contributed by atoms with Crippen LogP contribution in [0.1, 0.15) is 31.9 Å². The number of halogens is 3. The molecule has 1 aromatic carbocycles. The van der Waals surface area contributed by atoms with Crippen molar-refractivity contribution < 1.29 is 27.4 Å². The summed E-state index contributed by atoms with van der Waals surface area (Å²) >= 11 is 0. The first-order valence-electron chi connectivity index (χ1n) is 7.49. The Hall–Kier alpha value is -2.02. The molecule has 0 bridgehead atoms. The van der Waals surface area contributed by atoms with Gasteiger partial charge in [-0.15, -0.1) is 0 Å². The van der Waals surface area contributed by atoms with E-state index in [1.807, 2.05) is 0 Å². The van der Waals surface area contributed by atoms with Crippen LogP contribution in [-0.2, 0) is 15.7 Å². The molecule has 1 fully saturated rings. The van der Waals surface area contributed by atoms with E-state index in [9.17, 15) is 18.0 Å². The van der Waals surface area contributed by atoms with Gasteiger partial charge in [-0.25, -0.2) is 4.79 Å². The van der Waals surface area contributed by atoms with Gasteiger partial charge in [0.05, 0.1) is 18.2 Å². The van der Waals surface area contributed by atoms with Crippen molar-refractivity contribution in [2.45, 2.75) is 38.6 Å². The highest BCUT2D eigenvalue weighted by molar-refractivity contribution is 5.69. The predicted octanol–water partition coefficient (Wildman–Crippen LogP) is 4.31. The van der Waals surface area contributed by atoms with Gasteiger partial charge < -0.3 is 9.47 Å². The van der Waals surface area contributed by atoms with E-state index in [0.717, 1.165) is 12.1 Å².